The molecule has 0 atom stereocenters. The third-order valence-corrected chi connectivity index (χ3v) is 9.05. The Bertz CT molecular complexity index is 207. The van der Waals surface area contributed by atoms with Gasteiger partial charge in [-0.25, -0.2) is 0 Å². The van der Waals surface area contributed by atoms with Crippen LogP contribution >= 0.6 is 18.5 Å². The van der Waals surface area contributed by atoms with E-state index in [0.717, 1.165) is 11.8 Å². The smallest absolute Gasteiger partial charge is 0.00182 e. The Balaban J connectivity index is 4.52. The van der Waals surface area contributed by atoms with Crippen molar-refractivity contribution in [2.45, 2.75) is 91.4 Å². The van der Waals surface area contributed by atoms with Crippen LogP contribution in [0.5, 0.6) is 0 Å². The number of hydrogen-bond acceptors (Lipinski definition) is 0. The molecule has 0 amide bonds. The van der Waals surface area contributed by atoms with Gasteiger partial charge in [0.2, 0.25) is 0 Å². The molecule has 0 bridgehead atoms. The number of halogens is 1. The fraction of sp³-hybridized carbons (Fsp3) is 1.00. The van der Waals surface area contributed by atoms with Crippen molar-refractivity contribution >= 4 is 18.5 Å². The van der Waals surface area contributed by atoms with E-state index < -0.39 is 7.27 Å². The van der Waals surface area contributed by atoms with Crippen LogP contribution in [0.25, 0.3) is 0 Å². The fourth-order valence-electron chi connectivity index (χ4n) is 2.30. The maximum absolute atomic E-state index is 6.90. The third kappa shape index (κ3) is 6.76. The Morgan fingerprint density at radius 2 is 1.06 bits per heavy atom. The Labute approximate surface area is 122 Å². The van der Waals surface area contributed by atoms with Crippen molar-refractivity contribution in [1.82, 2.24) is 0 Å². The van der Waals surface area contributed by atoms with Gasteiger partial charge in [-0.2, -0.15) is 0 Å². The molecule has 0 aromatic rings. The first-order chi connectivity index (χ1) is 7.99. The first-order valence-corrected chi connectivity index (χ1v) is 9.70. The summed E-state index contributed by atoms with van der Waals surface area (Å²) in [4.78, 5) is 0. The zero-order valence-electron chi connectivity index (χ0n) is 13.8. The maximum atomic E-state index is 6.90. The molecule has 0 aliphatic rings. The molecule has 0 unspecified atom stereocenters. The summed E-state index contributed by atoms with van der Waals surface area (Å²) in [5, 5.41) is 0.587. The summed E-state index contributed by atoms with van der Waals surface area (Å²) < 4.78 is 0. The van der Waals surface area contributed by atoms with Gasteiger partial charge in [0.15, 0.2) is 0 Å². The molecule has 18 heavy (non-hydrogen) atoms. The highest BCUT2D eigenvalue weighted by atomic mass is 35.7. The SMILES string of the molecule is CC(C)CCC(C)(C)P(Cl)C(C)(C)CCC(C)C. The third-order valence-electron chi connectivity index (χ3n) is 3.73. The van der Waals surface area contributed by atoms with Gasteiger partial charge in [0.05, 0.1) is 0 Å². The van der Waals surface area contributed by atoms with Crippen molar-refractivity contribution < 1.29 is 0 Å². The maximum Gasteiger partial charge on any atom is 0.00182 e. The Morgan fingerprint density at radius 3 is 1.28 bits per heavy atom. The molecule has 0 heterocycles. The van der Waals surface area contributed by atoms with E-state index in [2.05, 4.69) is 55.4 Å². The molecule has 0 aliphatic carbocycles. The van der Waals surface area contributed by atoms with Crippen LogP contribution in [0.4, 0.5) is 0 Å². The van der Waals surface area contributed by atoms with E-state index in [1.165, 1.54) is 25.7 Å². The molecule has 0 radical (unpaired) electrons. The van der Waals surface area contributed by atoms with Crippen LogP contribution in [0, 0.1) is 11.8 Å². The highest BCUT2D eigenvalue weighted by Gasteiger charge is 2.38. The Kier molecular flexibility index (Phi) is 7.79. The van der Waals surface area contributed by atoms with Gasteiger partial charge in [-0.3, -0.25) is 0 Å². The standard InChI is InChI=1S/C16H34ClP/c1-13(2)9-11-15(5,6)18(17)16(7,8)12-10-14(3)4/h13-14H,9-12H2,1-8H3. The molecule has 0 aliphatic heterocycles. The van der Waals surface area contributed by atoms with E-state index in [4.69, 9.17) is 11.2 Å². The Morgan fingerprint density at radius 1 is 0.778 bits per heavy atom. The van der Waals surface area contributed by atoms with Crippen molar-refractivity contribution in [3.05, 3.63) is 0 Å². The van der Waals surface area contributed by atoms with Crippen LogP contribution in [0.1, 0.15) is 81.1 Å². The van der Waals surface area contributed by atoms with Crippen LogP contribution < -0.4 is 0 Å². The van der Waals surface area contributed by atoms with Gasteiger partial charge in [-0.05, 0) is 35.0 Å². The van der Waals surface area contributed by atoms with Gasteiger partial charge in [0.1, 0.15) is 0 Å². The van der Waals surface area contributed by atoms with E-state index in [1.54, 1.807) is 0 Å². The molecular formula is C16H34ClP. The lowest BCUT2D eigenvalue weighted by atomic mass is 9.99. The normalized spacial score (nSPS) is 14.0. The van der Waals surface area contributed by atoms with Crippen LogP contribution in [0.15, 0.2) is 0 Å². The predicted octanol–water partition coefficient (Wildman–Crippen LogP) is 7.05. The first kappa shape index (κ1) is 18.7. The van der Waals surface area contributed by atoms with Gasteiger partial charge >= 0.3 is 0 Å². The van der Waals surface area contributed by atoms with Crippen LogP contribution in [-0.2, 0) is 0 Å². The summed E-state index contributed by atoms with van der Waals surface area (Å²) in [7, 11) is -0.456. The minimum atomic E-state index is -0.456. The zero-order chi connectivity index (χ0) is 14.6. The lowest BCUT2D eigenvalue weighted by Gasteiger charge is -2.41. The van der Waals surface area contributed by atoms with Gasteiger partial charge in [0, 0.05) is 7.27 Å². The molecule has 0 fully saturated rings. The summed E-state index contributed by atoms with van der Waals surface area (Å²) in [5.41, 5.74) is 0. The van der Waals surface area contributed by atoms with Gasteiger partial charge in [-0.15, -0.1) is 0 Å². The molecule has 110 valence electrons. The minimum Gasteiger partial charge on any atom is -0.0953 e. The predicted molar refractivity (Wildman–Crippen MR) is 89.1 cm³/mol. The van der Waals surface area contributed by atoms with E-state index in [9.17, 15) is 0 Å². The van der Waals surface area contributed by atoms with Crippen molar-refractivity contribution in [2.75, 3.05) is 0 Å². The second-order valence-electron chi connectivity index (χ2n) is 7.77. The first-order valence-electron chi connectivity index (χ1n) is 7.45. The van der Waals surface area contributed by atoms with E-state index in [1.807, 2.05) is 0 Å². The van der Waals surface area contributed by atoms with E-state index in [0.29, 0.717) is 10.3 Å². The molecule has 0 N–H and O–H groups in total. The van der Waals surface area contributed by atoms with Crippen molar-refractivity contribution in [3.8, 4) is 0 Å². The minimum absolute atomic E-state index is 0.293. The molecular weight excluding hydrogens is 259 g/mol. The fourth-order valence-corrected chi connectivity index (χ4v) is 5.10. The zero-order valence-corrected chi connectivity index (χ0v) is 15.5. The summed E-state index contributed by atoms with van der Waals surface area (Å²) in [5.74, 6) is 1.56. The summed E-state index contributed by atoms with van der Waals surface area (Å²) in [6.45, 7) is 18.7. The average Bonchev–Trinajstić information content (AvgIpc) is 2.23. The lowest BCUT2D eigenvalue weighted by molar-refractivity contribution is 0.471. The number of rotatable bonds is 8. The van der Waals surface area contributed by atoms with Crippen LogP contribution in [0.3, 0.4) is 0 Å². The Hall–Kier alpha value is 0.720. The van der Waals surface area contributed by atoms with Crippen molar-refractivity contribution in [1.29, 1.82) is 0 Å². The van der Waals surface area contributed by atoms with Crippen molar-refractivity contribution in [3.63, 3.8) is 0 Å². The second kappa shape index (κ2) is 7.49. The highest BCUT2D eigenvalue weighted by molar-refractivity contribution is 7.86. The molecule has 0 saturated heterocycles. The summed E-state index contributed by atoms with van der Waals surface area (Å²) >= 11 is 6.90. The van der Waals surface area contributed by atoms with Crippen molar-refractivity contribution in [2.24, 2.45) is 11.8 Å². The molecule has 2 heteroatoms. The molecule has 0 nitrogen and oxygen atoms in total. The number of hydrogen-bond donors (Lipinski definition) is 0. The van der Waals surface area contributed by atoms with Crippen LogP contribution in [-0.4, -0.2) is 10.3 Å². The topological polar surface area (TPSA) is 0 Å². The molecule has 0 aromatic heterocycles. The molecule has 0 spiro atoms. The quantitative estimate of drug-likeness (QED) is 0.420. The largest absolute Gasteiger partial charge is 0.0953 e. The molecule has 0 rings (SSSR count). The van der Waals surface area contributed by atoms with Gasteiger partial charge in [0.25, 0.3) is 0 Å². The monoisotopic (exact) mass is 292 g/mol. The van der Waals surface area contributed by atoms with E-state index in [-0.39, 0.29) is 0 Å². The highest BCUT2D eigenvalue weighted by Crippen LogP contribution is 2.66. The molecule has 0 saturated carbocycles. The van der Waals surface area contributed by atoms with Gasteiger partial charge in [-0.1, -0.05) is 79.5 Å². The summed E-state index contributed by atoms with van der Waals surface area (Å²) in [6, 6.07) is 0. The van der Waals surface area contributed by atoms with Crippen LogP contribution in [0.2, 0.25) is 0 Å². The summed E-state index contributed by atoms with van der Waals surface area (Å²) in [6.07, 6.45) is 5.09. The van der Waals surface area contributed by atoms with E-state index >= 15 is 0 Å². The molecule has 0 aromatic carbocycles. The average molecular weight is 293 g/mol. The van der Waals surface area contributed by atoms with Gasteiger partial charge < -0.3 is 0 Å². The lowest BCUT2D eigenvalue weighted by Crippen LogP contribution is -2.28. The second-order valence-corrected chi connectivity index (χ2v) is 11.8.